The summed E-state index contributed by atoms with van der Waals surface area (Å²) >= 11 is 1.30. The summed E-state index contributed by atoms with van der Waals surface area (Å²) < 4.78 is 10.9. The standard InChI is InChI=1S/C22H22N2O5S/c25-20(17-4-3-11-30-17)18-19(14-5-6-15-16(12-14)29-13-28-15)24(22(27)21(18)26)10-9-23-7-1-2-8-23/h3-6,11-12,19,26H,1-2,7-10,13H2/t19-/m1/s1. The van der Waals surface area contributed by atoms with Gasteiger partial charge in [0.25, 0.3) is 5.91 Å². The number of likely N-dealkylation sites (tertiary alicyclic amines) is 1. The molecule has 30 heavy (non-hydrogen) atoms. The van der Waals surface area contributed by atoms with Crippen LogP contribution in [0.4, 0.5) is 0 Å². The molecule has 3 aliphatic heterocycles. The summed E-state index contributed by atoms with van der Waals surface area (Å²) in [6, 6.07) is 8.24. The molecule has 1 N–H and O–H groups in total. The van der Waals surface area contributed by atoms with Crippen LogP contribution in [0.25, 0.3) is 0 Å². The maximum Gasteiger partial charge on any atom is 0.290 e. The summed E-state index contributed by atoms with van der Waals surface area (Å²) in [4.78, 5) is 30.6. The number of benzene rings is 1. The van der Waals surface area contributed by atoms with Gasteiger partial charge >= 0.3 is 0 Å². The van der Waals surface area contributed by atoms with Crippen molar-refractivity contribution in [2.75, 3.05) is 33.0 Å². The number of Topliss-reactive ketones (excluding diaryl/α,β-unsaturated/α-hetero) is 1. The van der Waals surface area contributed by atoms with E-state index in [0.29, 0.717) is 29.5 Å². The van der Waals surface area contributed by atoms with Crippen molar-refractivity contribution in [3.05, 3.63) is 57.5 Å². The first-order chi connectivity index (χ1) is 14.6. The molecule has 1 amide bonds. The number of aliphatic hydroxyl groups excluding tert-OH is 1. The third-order valence-corrected chi connectivity index (χ3v) is 6.73. The van der Waals surface area contributed by atoms with Gasteiger partial charge in [-0.3, -0.25) is 9.59 Å². The average molecular weight is 426 g/mol. The lowest BCUT2D eigenvalue weighted by Gasteiger charge is -2.28. The van der Waals surface area contributed by atoms with Gasteiger partial charge in [-0.1, -0.05) is 12.1 Å². The number of carbonyl (C=O) groups excluding carboxylic acids is 2. The van der Waals surface area contributed by atoms with Crippen LogP contribution in [-0.2, 0) is 4.79 Å². The Hall–Kier alpha value is -2.84. The number of rotatable bonds is 6. The maximum atomic E-state index is 13.2. The Morgan fingerprint density at radius 3 is 2.70 bits per heavy atom. The predicted molar refractivity (Wildman–Crippen MR) is 111 cm³/mol. The molecule has 0 bridgehead atoms. The van der Waals surface area contributed by atoms with Gasteiger partial charge in [-0.2, -0.15) is 0 Å². The first-order valence-corrected chi connectivity index (χ1v) is 11.0. The molecule has 5 rings (SSSR count). The van der Waals surface area contributed by atoms with Crippen LogP contribution in [0.1, 0.15) is 34.1 Å². The van der Waals surface area contributed by atoms with E-state index in [0.717, 1.165) is 31.5 Å². The van der Waals surface area contributed by atoms with Crippen LogP contribution in [0.15, 0.2) is 47.0 Å². The fraction of sp³-hybridized carbons (Fsp3) is 0.364. The number of hydrogen-bond donors (Lipinski definition) is 1. The fourth-order valence-electron chi connectivity index (χ4n) is 4.34. The van der Waals surface area contributed by atoms with E-state index < -0.39 is 17.7 Å². The number of ketones is 1. The summed E-state index contributed by atoms with van der Waals surface area (Å²) in [6.07, 6.45) is 2.32. The molecular formula is C22H22N2O5S. The number of ether oxygens (including phenoxy) is 2. The molecule has 2 aromatic rings. The quantitative estimate of drug-likeness (QED) is 0.715. The van der Waals surface area contributed by atoms with E-state index in [1.165, 1.54) is 11.3 Å². The first kappa shape index (κ1) is 19.1. The van der Waals surface area contributed by atoms with Crippen LogP contribution in [0.5, 0.6) is 11.5 Å². The molecule has 7 nitrogen and oxygen atoms in total. The van der Waals surface area contributed by atoms with Crippen molar-refractivity contribution in [3.8, 4) is 11.5 Å². The van der Waals surface area contributed by atoms with Gasteiger partial charge in [0, 0.05) is 13.1 Å². The van der Waals surface area contributed by atoms with Crippen molar-refractivity contribution in [1.82, 2.24) is 9.80 Å². The summed E-state index contributed by atoms with van der Waals surface area (Å²) in [7, 11) is 0. The van der Waals surface area contributed by atoms with Gasteiger partial charge in [0.2, 0.25) is 12.6 Å². The normalized spacial score (nSPS) is 21.1. The number of aliphatic hydroxyl groups is 1. The first-order valence-electron chi connectivity index (χ1n) is 10.1. The zero-order valence-electron chi connectivity index (χ0n) is 16.4. The second kappa shape index (κ2) is 7.77. The van der Waals surface area contributed by atoms with Gasteiger partial charge in [-0.15, -0.1) is 11.3 Å². The van der Waals surface area contributed by atoms with Crippen molar-refractivity contribution < 1.29 is 24.2 Å². The second-order valence-electron chi connectivity index (χ2n) is 7.63. The Morgan fingerprint density at radius 2 is 1.93 bits per heavy atom. The van der Waals surface area contributed by atoms with Crippen molar-refractivity contribution >= 4 is 23.0 Å². The van der Waals surface area contributed by atoms with Gasteiger partial charge in [0.1, 0.15) is 0 Å². The zero-order valence-corrected chi connectivity index (χ0v) is 17.2. The summed E-state index contributed by atoms with van der Waals surface area (Å²) in [6.45, 7) is 3.31. The Labute approximate surface area is 178 Å². The Balaban J connectivity index is 1.52. The van der Waals surface area contributed by atoms with E-state index in [-0.39, 0.29) is 18.1 Å². The van der Waals surface area contributed by atoms with Gasteiger partial charge < -0.3 is 24.4 Å². The number of thiophene rings is 1. The molecule has 1 fully saturated rings. The molecule has 3 aliphatic rings. The van der Waals surface area contributed by atoms with Crippen LogP contribution in [-0.4, -0.2) is 59.6 Å². The van der Waals surface area contributed by atoms with Crippen LogP contribution in [0.3, 0.4) is 0 Å². The average Bonchev–Trinajstić information content (AvgIpc) is 3.55. The SMILES string of the molecule is O=C(C1=C(O)C(=O)N(CCN2CCCC2)[C@@H]1c1ccc2c(c1)OCO2)c1cccs1. The van der Waals surface area contributed by atoms with E-state index in [1.54, 1.807) is 29.2 Å². The number of amides is 1. The molecular weight excluding hydrogens is 404 g/mol. The number of nitrogens with zero attached hydrogens (tertiary/aromatic N) is 2. The van der Waals surface area contributed by atoms with Gasteiger partial charge in [-0.05, 0) is 55.1 Å². The second-order valence-corrected chi connectivity index (χ2v) is 8.58. The molecule has 0 spiro atoms. The molecule has 1 saturated heterocycles. The Morgan fingerprint density at radius 1 is 1.13 bits per heavy atom. The Kier molecular flexibility index (Phi) is 4.96. The van der Waals surface area contributed by atoms with Crippen molar-refractivity contribution in [3.63, 3.8) is 0 Å². The van der Waals surface area contributed by atoms with E-state index in [1.807, 2.05) is 11.4 Å². The number of fused-ring (bicyclic) bond motifs is 1. The lowest BCUT2D eigenvalue weighted by Crippen LogP contribution is -2.37. The summed E-state index contributed by atoms with van der Waals surface area (Å²) in [5.41, 5.74) is 0.848. The van der Waals surface area contributed by atoms with Gasteiger partial charge in [0.05, 0.1) is 16.5 Å². The molecule has 0 radical (unpaired) electrons. The molecule has 0 aliphatic carbocycles. The van der Waals surface area contributed by atoms with E-state index in [9.17, 15) is 14.7 Å². The van der Waals surface area contributed by atoms with E-state index >= 15 is 0 Å². The molecule has 156 valence electrons. The minimum absolute atomic E-state index is 0.128. The smallest absolute Gasteiger partial charge is 0.290 e. The zero-order chi connectivity index (χ0) is 20.7. The number of carbonyl (C=O) groups is 2. The largest absolute Gasteiger partial charge is 0.503 e. The molecule has 0 saturated carbocycles. The van der Waals surface area contributed by atoms with Crippen LogP contribution < -0.4 is 9.47 Å². The van der Waals surface area contributed by atoms with Gasteiger partial charge in [0.15, 0.2) is 17.3 Å². The molecule has 4 heterocycles. The number of hydrogen-bond acceptors (Lipinski definition) is 7. The minimum atomic E-state index is -0.663. The molecule has 1 aromatic carbocycles. The predicted octanol–water partition coefficient (Wildman–Crippen LogP) is 3.15. The molecule has 1 atom stereocenters. The van der Waals surface area contributed by atoms with Crippen molar-refractivity contribution in [2.24, 2.45) is 0 Å². The molecule has 1 aromatic heterocycles. The van der Waals surface area contributed by atoms with Crippen molar-refractivity contribution in [1.29, 1.82) is 0 Å². The summed E-state index contributed by atoms with van der Waals surface area (Å²) in [5.74, 6) is -0.0729. The molecule has 8 heteroatoms. The topological polar surface area (TPSA) is 79.3 Å². The minimum Gasteiger partial charge on any atom is -0.503 e. The lowest BCUT2D eigenvalue weighted by molar-refractivity contribution is -0.129. The summed E-state index contributed by atoms with van der Waals surface area (Å²) in [5, 5.41) is 12.5. The third kappa shape index (κ3) is 3.26. The highest BCUT2D eigenvalue weighted by molar-refractivity contribution is 7.12. The monoisotopic (exact) mass is 426 g/mol. The van der Waals surface area contributed by atoms with E-state index in [2.05, 4.69) is 4.90 Å². The Bertz CT molecular complexity index is 1010. The van der Waals surface area contributed by atoms with Gasteiger partial charge in [-0.25, -0.2) is 0 Å². The maximum absolute atomic E-state index is 13.2. The highest BCUT2D eigenvalue weighted by Crippen LogP contribution is 2.43. The van der Waals surface area contributed by atoms with E-state index in [4.69, 9.17) is 9.47 Å². The highest BCUT2D eigenvalue weighted by atomic mass is 32.1. The van der Waals surface area contributed by atoms with Crippen molar-refractivity contribution in [2.45, 2.75) is 18.9 Å². The lowest BCUT2D eigenvalue weighted by atomic mass is 9.95. The fourth-order valence-corrected chi connectivity index (χ4v) is 5.02. The van der Waals surface area contributed by atoms with Crippen LogP contribution >= 0.6 is 11.3 Å². The van der Waals surface area contributed by atoms with Crippen LogP contribution in [0, 0.1) is 0 Å². The van der Waals surface area contributed by atoms with Crippen LogP contribution in [0.2, 0.25) is 0 Å². The highest BCUT2D eigenvalue weighted by Gasteiger charge is 2.44. The molecule has 0 unspecified atom stereocenters. The third-order valence-electron chi connectivity index (χ3n) is 5.86.